The number of allylic oxidation sites excluding steroid dienone is 1. The van der Waals surface area contributed by atoms with E-state index in [0.717, 1.165) is 4.88 Å². The van der Waals surface area contributed by atoms with Crippen molar-refractivity contribution in [2.24, 2.45) is 0 Å². The maximum absolute atomic E-state index is 11.1. The van der Waals surface area contributed by atoms with Gasteiger partial charge >= 0.3 is 0 Å². The number of rotatable bonds is 0. The SMILES string of the molecule is O=C1C=Cc2sccc2C1=O. The summed E-state index contributed by atoms with van der Waals surface area (Å²) in [5, 5.41) is 1.81. The Kier molecular flexibility index (Phi) is 1.26. The lowest BCUT2D eigenvalue weighted by molar-refractivity contribution is -0.110. The van der Waals surface area contributed by atoms with Crippen LogP contribution in [-0.4, -0.2) is 11.6 Å². The molecule has 0 fully saturated rings. The smallest absolute Gasteiger partial charge is 0.234 e. The summed E-state index contributed by atoms with van der Waals surface area (Å²) >= 11 is 1.47. The summed E-state index contributed by atoms with van der Waals surface area (Å²) in [5.74, 6) is -0.806. The number of carbonyl (C=O) groups is 2. The molecule has 0 atom stereocenters. The van der Waals surface area contributed by atoms with Crippen LogP contribution >= 0.6 is 11.3 Å². The number of hydrogen-bond acceptors (Lipinski definition) is 3. The molecule has 0 unspecified atom stereocenters. The molecule has 0 aromatic carbocycles. The Bertz CT molecular complexity index is 360. The van der Waals surface area contributed by atoms with Crippen LogP contribution in [-0.2, 0) is 4.79 Å². The van der Waals surface area contributed by atoms with Gasteiger partial charge < -0.3 is 0 Å². The van der Waals surface area contributed by atoms with Crippen molar-refractivity contribution in [3.05, 3.63) is 28.0 Å². The minimum absolute atomic E-state index is 0.385. The van der Waals surface area contributed by atoms with E-state index in [0.29, 0.717) is 5.56 Å². The van der Waals surface area contributed by atoms with Crippen LogP contribution in [0, 0.1) is 0 Å². The predicted molar refractivity (Wildman–Crippen MR) is 42.7 cm³/mol. The van der Waals surface area contributed by atoms with E-state index in [1.165, 1.54) is 17.4 Å². The monoisotopic (exact) mass is 164 g/mol. The van der Waals surface area contributed by atoms with Gasteiger partial charge in [0.1, 0.15) is 0 Å². The molecule has 1 heterocycles. The van der Waals surface area contributed by atoms with Crippen molar-refractivity contribution < 1.29 is 9.59 Å². The van der Waals surface area contributed by atoms with Crippen LogP contribution in [0.2, 0.25) is 0 Å². The molecule has 0 saturated carbocycles. The van der Waals surface area contributed by atoms with Gasteiger partial charge in [-0.3, -0.25) is 9.59 Å². The van der Waals surface area contributed by atoms with Gasteiger partial charge in [-0.1, -0.05) is 0 Å². The molecule has 3 heteroatoms. The quantitative estimate of drug-likeness (QED) is 0.545. The van der Waals surface area contributed by atoms with E-state index >= 15 is 0 Å². The highest BCUT2D eigenvalue weighted by Gasteiger charge is 2.20. The van der Waals surface area contributed by atoms with Crippen LogP contribution in [0.3, 0.4) is 0 Å². The second-order valence-electron chi connectivity index (χ2n) is 2.23. The fourth-order valence-electron chi connectivity index (χ4n) is 0.997. The van der Waals surface area contributed by atoms with Crippen LogP contribution in [0.5, 0.6) is 0 Å². The Hall–Kier alpha value is -1.22. The first kappa shape index (κ1) is 6.49. The number of carbonyl (C=O) groups excluding carboxylic acids is 2. The Morgan fingerprint density at radius 3 is 2.82 bits per heavy atom. The van der Waals surface area contributed by atoms with E-state index in [1.54, 1.807) is 12.1 Å². The van der Waals surface area contributed by atoms with Gasteiger partial charge in [-0.2, -0.15) is 0 Å². The summed E-state index contributed by atoms with van der Waals surface area (Å²) in [7, 11) is 0. The molecule has 1 aliphatic carbocycles. The summed E-state index contributed by atoms with van der Waals surface area (Å²) in [6, 6.07) is 1.68. The molecule has 2 nitrogen and oxygen atoms in total. The highest BCUT2D eigenvalue weighted by Crippen LogP contribution is 2.22. The van der Waals surface area contributed by atoms with Crippen LogP contribution in [0.25, 0.3) is 6.08 Å². The normalized spacial score (nSPS) is 15.3. The van der Waals surface area contributed by atoms with Gasteiger partial charge in [-0.05, 0) is 23.6 Å². The van der Waals surface area contributed by atoms with E-state index in [1.807, 2.05) is 5.38 Å². The summed E-state index contributed by atoms with van der Waals surface area (Å²) in [5.41, 5.74) is 0.544. The van der Waals surface area contributed by atoms with Crippen molar-refractivity contribution >= 4 is 29.0 Å². The second kappa shape index (κ2) is 2.13. The first-order chi connectivity index (χ1) is 5.29. The maximum atomic E-state index is 11.1. The molecule has 0 radical (unpaired) electrons. The summed E-state index contributed by atoms with van der Waals surface area (Å²) in [6.45, 7) is 0. The third-order valence-corrected chi connectivity index (χ3v) is 2.43. The number of fused-ring (bicyclic) bond motifs is 1. The van der Waals surface area contributed by atoms with Crippen LogP contribution in [0.4, 0.5) is 0 Å². The summed E-state index contributed by atoms with van der Waals surface area (Å²) in [6.07, 6.45) is 3.00. The van der Waals surface area contributed by atoms with E-state index < -0.39 is 5.78 Å². The minimum atomic E-state index is -0.420. The van der Waals surface area contributed by atoms with Crippen LogP contribution in [0.15, 0.2) is 17.5 Å². The van der Waals surface area contributed by atoms with Gasteiger partial charge in [0.2, 0.25) is 11.6 Å². The van der Waals surface area contributed by atoms with Crippen molar-refractivity contribution in [3.8, 4) is 0 Å². The Balaban J connectivity index is 2.66. The molecule has 0 bridgehead atoms. The molecule has 1 aromatic rings. The Morgan fingerprint density at radius 2 is 2.00 bits per heavy atom. The molecule has 0 spiro atoms. The van der Waals surface area contributed by atoms with Gasteiger partial charge in [-0.15, -0.1) is 11.3 Å². The molecule has 1 aliphatic rings. The zero-order valence-corrected chi connectivity index (χ0v) is 6.35. The molecule has 0 saturated heterocycles. The lowest BCUT2D eigenvalue weighted by atomic mass is 10.0. The van der Waals surface area contributed by atoms with Gasteiger partial charge in [0.05, 0.1) is 0 Å². The van der Waals surface area contributed by atoms with Gasteiger partial charge in [-0.25, -0.2) is 0 Å². The summed E-state index contributed by atoms with van der Waals surface area (Å²) < 4.78 is 0. The van der Waals surface area contributed by atoms with Crippen molar-refractivity contribution in [1.82, 2.24) is 0 Å². The van der Waals surface area contributed by atoms with Gasteiger partial charge in [0.15, 0.2) is 0 Å². The predicted octanol–water partition coefficient (Wildman–Crippen LogP) is 1.53. The number of ketones is 2. The average Bonchev–Trinajstić information content (AvgIpc) is 2.45. The number of hydrogen-bond donors (Lipinski definition) is 0. The van der Waals surface area contributed by atoms with Crippen LogP contribution < -0.4 is 0 Å². The molecular formula is C8H4O2S. The van der Waals surface area contributed by atoms with Gasteiger partial charge in [0, 0.05) is 10.4 Å². The van der Waals surface area contributed by atoms with Gasteiger partial charge in [0.25, 0.3) is 0 Å². The average molecular weight is 164 g/mol. The fraction of sp³-hybridized carbons (Fsp3) is 0. The van der Waals surface area contributed by atoms with Crippen molar-refractivity contribution in [2.45, 2.75) is 0 Å². The van der Waals surface area contributed by atoms with E-state index in [2.05, 4.69) is 0 Å². The second-order valence-corrected chi connectivity index (χ2v) is 3.17. The minimum Gasteiger partial charge on any atom is -0.286 e. The molecule has 0 N–H and O–H groups in total. The third kappa shape index (κ3) is 0.851. The van der Waals surface area contributed by atoms with E-state index in [9.17, 15) is 9.59 Å². The molecule has 0 amide bonds. The number of Topliss-reactive ketones (excluding diaryl/α,β-unsaturated/α-hetero) is 1. The van der Waals surface area contributed by atoms with Crippen molar-refractivity contribution in [1.29, 1.82) is 0 Å². The van der Waals surface area contributed by atoms with Crippen molar-refractivity contribution in [3.63, 3.8) is 0 Å². The first-order valence-electron chi connectivity index (χ1n) is 3.13. The van der Waals surface area contributed by atoms with E-state index in [4.69, 9.17) is 0 Å². The zero-order chi connectivity index (χ0) is 7.84. The highest BCUT2D eigenvalue weighted by atomic mass is 32.1. The standard InChI is InChI=1S/C8H4O2S/c9-6-1-2-7-5(8(6)10)3-4-11-7/h1-4H. The lowest BCUT2D eigenvalue weighted by Gasteiger charge is -1.99. The molecule has 54 valence electrons. The molecular weight excluding hydrogens is 160 g/mol. The Labute approximate surface area is 67.2 Å². The summed E-state index contributed by atoms with van der Waals surface area (Å²) in [4.78, 5) is 22.8. The molecule has 1 aromatic heterocycles. The fourth-order valence-corrected chi connectivity index (χ4v) is 1.78. The largest absolute Gasteiger partial charge is 0.286 e. The highest BCUT2D eigenvalue weighted by molar-refractivity contribution is 7.11. The molecule has 2 rings (SSSR count). The van der Waals surface area contributed by atoms with Crippen LogP contribution in [0.1, 0.15) is 15.2 Å². The molecule has 11 heavy (non-hydrogen) atoms. The van der Waals surface area contributed by atoms with Crippen molar-refractivity contribution in [2.75, 3.05) is 0 Å². The topological polar surface area (TPSA) is 34.1 Å². The van der Waals surface area contributed by atoms with E-state index in [-0.39, 0.29) is 5.78 Å². The zero-order valence-electron chi connectivity index (χ0n) is 5.53. The number of thiophene rings is 1. The Morgan fingerprint density at radius 1 is 1.18 bits per heavy atom. The maximum Gasteiger partial charge on any atom is 0.234 e. The third-order valence-electron chi connectivity index (χ3n) is 1.55. The lowest BCUT2D eigenvalue weighted by Crippen LogP contribution is -2.13. The first-order valence-corrected chi connectivity index (χ1v) is 4.01. The molecule has 0 aliphatic heterocycles.